The van der Waals surface area contributed by atoms with Crippen LogP contribution in [0.25, 0.3) is 0 Å². The normalized spacial score (nSPS) is 12.2. The fraction of sp³-hybridized carbons (Fsp3) is 0.364. The smallest absolute Gasteiger partial charge is 0.241 e. The SMILES string of the molecule is COCCC(N)C(=O)Nc1ccc(F)c(Br)c1. The van der Waals surface area contributed by atoms with E-state index in [1.165, 1.54) is 18.2 Å². The highest BCUT2D eigenvalue weighted by atomic mass is 79.9. The van der Waals surface area contributed by atoms with Crippen LogP contribution in [0.3, 0.4) is 0 Å². The van der Waals surface area contributed by atoms with Crippen molar-refractivity contribution in [2.45, 2.75) is 12.5 Å². The van der Waals surface area contributed by atoms with Gasteiger partial charge >= 0.3 is 0 Å². The maximum absolute atomic E-state index is 13.0. The first kappa shape index (κ1) is 14.1. The Morgan fingerprint density at radius 1 is 1.65 bits per heavy atom. The lowest BCUT2D eigenvalue weighted by molar-refractivity contribution is -0.117. The van der Waals surface area contributed by atoms with E-state index in [-0.39, 0.29) is 11.7 Å². The van der Waals surface area contributed by atoms with Crippen molar-refractivity contribution in [1.82, 2.24) is 0 Å². The second kappa shape index (κ2) is 6.68. The van der Waals surface area contributed by atoms with Gasteiger partial charge < -0.3 is 15.8 Å². The Hall–Kier alpha value is -0.980. The zero-order chi connectivity index (χ0) is 12.8. The molecule has 0 fully saturated rings. The van der Waals surface area contributed by atoms with Gasteiger partial charge in [-0.1, -0.05) is 0 Å². The highest BCUT2D eigenvalue weighted by Gasteiger charge is 2.13. The van der Waals surface area contributed by atoms with Gasteiger partial charge in [0.25, 0.3) is 0 Å². The molecule has 17 heavy (non-hydrogen) atoms. The van der Waals surface area contributed by atoms with Crippen LogP contribution in [0.4, 0.5) is 10.1 Å². The molecule has 1 aromatic carbocycles. The number of anilines is 1. The van der Waals surface area contributed by atoms with Crippen LogP contribution >= 0.6 is 15.9 Å². The molecule has 6 heteroatoms. The molecule has 1 amide bonds. The largest absolute Gasteiger partial charge is 0.385 e. The third-order valence-electron chi connectivity index (χ3n) is 2.16. The van der Waals surface area contributed by atoms with Crippen LogP contribution < -0.4 is 11.1 Å². The molecule has 0 aliphatic rings. The van der Waals surface area contributed by atoms with Gasteiger partial charge in [0.05, 0.1) is 10.5 Å². The Morgan fingerprint density at radius 2 is 2.35 bits per heavy atom. The van der Waals surface area contributed by atoms with E-state index in [0.717, 1.165) is 0 Å². The fourth-order valence-electron chi connectivity index (χ4n) is 1.18. The van der Waals surface area contributed by atoms with Crippen molar-refractivity contribution in [1.29, 1.82) is 0 Å². The average Bonchev–Trinajstić information content (AvgIpc) is 2.30. The van der Waals surface area contributed by atoms with E-state index in [2.05, 4.69) is 21.2 Å². The topological polar surface area (TPSA) is 64.3 Å². The first-order valence-corrected chi connectivity index (χ1v) is 5.84. The Kier molecular flexibility index (Phi) is 5.54. The molecule has 1 atom stereocenters. The Labute approximate surface area is 107 Å². The highest BCUT2D eigenvalue weighted by Crippen LogP contribution is 2.20. The molecular formula is C11H14BrFN2O2. The van der Waals surface area contributed by atoms with E-state index in [1.807, 2.05) is 0 Å². The minimum absolute atomic E-state index is 0.292. The predicted molar refractivity (Wildman–Crippen MR) is 67.2 cm³/mol. The number of rotatable bonds is 5. The van der Waals surface area contributed by atoms with Gasteiger partial charge in [0.1, 0.15) is 5.82 Å². The summed E-state index contributed by atoms with van der Waals surface area (Å²) in [6.45, 7) is 0.418. The van der Waals surface area contributed by atoms with Crippen LogP contribution in [0.2, 0.25) is 0 Å². The van der Waals surface area contributed by atoms with E-state index in [4.69, 9.17) is 10.5 Å². The minimum Gasteiger partial charge on any atom is -0.385 e. The van der Waals surface area contributed by atoms with Crippen LogP contribution in [0.15, 0.2) is 22.7 Å². The van der Waals surface area contributed by atoms with Crippen molar-refractivity contribution in [3.05, 3.63) is 28.5 Å². The quantitative estimate of drug-likeness (QED) is 0.873. The van der Waals surface area contributed by atoms with Crippen molar-refractivity contribution >= 4 is 27.5 Å². The van der Waals surface area contributed by atoms with Gasteiger partial charge in [-0.05, 0) is 40.5 Å². The molecule has 3 N–H and O–H groups in total. The minimum atomic E-state index is -0.640. The second-order valence-corrected chi connectivity index (χ2v) is 4.36. The molecule has 0 aromatic heterocycles. The number of hydrogen-bond donors (Lipinski definition) is 2. The highest BCUT2D eigenvalue weighted by molar-refractivity contribution is 9.10. The molecule has 0 bridgehead atoms. The summed E-state index contributed by atoms with van der Waals surface area (Å²) in [6, 6.07) is 3.58. The zero-order valence-electron chi connectivity index (χ0n) is 9.37. The lowest BCUT2D eigenvalue weighted by atomic mass is 10.2. The first-order chi connectivity index (χ1) is 8.04. The van der Waals surface area contributed by atoms with Crippen LogP contribution in [0.5, 0.6) is 0 Å². The van der Waals surface area contributed by atoms with E-state index >= 15 is 0 Å². The standard InChI is InChI=1S/C11H14BrFN2O2/c1-17-5-4-10(14)11(16)15-7-2-3-9(13)8(12)6-7/h2-3,6,10H,4-5,14H2,1H3,(H,15,16). The van der Waals surface area contributed by atoms with Gasteiger partial charge in [-0.2, -0.15) is 0 Å². The van der Waals surface area contributed by atoms with E-state index in [0.29, 0.717) is 23.2 Å². The summed E-state index contributed by atoms with van der Waals surface area (Å²) in [7, 11) is 1.54. The van der Waals surface area contributed by atoms with Gasteiger partial charge in [-0.3, -0.25) is 4.79 Å². The van der Waals surface area contributed by atoms with E-state index in [1.54, 1.807) is 7.11 Å². The molecule has 0 saturated heterocycles. The maximum atomic E-state index is 13.0. The maximum Gasteiger partial charge on any atom is 0.241 e. The average molecular weight is 305 g/mol. The molecule has 1 unspecified atom stereocenters. The number of ether oxygens (including phenoxy) is 1. The van der Waals surface area contributed by atoms with Crippen LogP contribution in [0.1, 0.15) is 6.42 Å². The third kappa shape index (κ3) is 4.41. The van der Waals surface area contributed by atoms with Crippen molar-refractivity contribution in [2.24, 2.45) is 5.73 Å². The Balaban J connectivity index is 2.58. The van der Waals surface area contributed by atoms with Gasteiger partial charge in [0.2, 0.25) is 5.91 Å². The van der Waals surface area contributed by atoms with Gasteiger partial charge in [0.15, 0.2) is 0 Å². The van der Waals surface area contributed by atoms with Gasteiger partial charge in [-0.15, -0.1) is 0 Å². The summed E-state index contributed by atoms with van der Waals surface area (Å²) >= 11 is 3.04. The molecular weight excluding hydrogens is 291 g/mol. The number of carbonyl (C=O) groups excluding carboxylic acids is 1. The molecule has 0 radical (unpaired) electrons. The number of hydrogen-bond acceptors (Lipinski definition) is 3. The summed E-state index contributed by atoms with van der Waals surface area (Å²) in [4.78, 5) is 11.6. The zero-order valence-corrected chi connectivity index (χ0v) is 11.0. The van der Waals surface area contributed by atoms with Crippen LogP contribution in [-0.2, 0) is 9.53 Å². The number of amides is 1. The van der Waals surface area contributed by atoms with E-state index < -0.39 is 6.04 Å². The number of methoxy groups -OCH3 is 1. The number of nitrogens with one attached hydrogen (secondary N) is 1. The lowest BCUT2D eigenvalue weighted by Gasteiger charge is -2.12. The van der Waals surface area contributed by atoms with Crippen molar-refractivity contribution < 1.29 is 13.9 Å². The number of benzene rings is 1. The van der Waals surface area contributed by atoms with Gasteiger partial charge in [-0.25, -0.2) is 4.39 Å². The molecule has 4 nitrogen and oxygen atoms in total. The second-order valence-electron chi connectivity index (χ2n) is 3.51. The lowest BCUT2D eigenvalue weighted by Crippen LogP contribution is -2.36. The Morgan fingerprint density at radius 3 is 2.94 bits per heavy atom. The van der Waals surface area contributed by atoms with Crippen LogP contribution in [0, 0.1) is 5.82 Å². The number of halogens is 2. The van der Waals surface area contributed by atoms with Crippen molar-refractivity contribution in [2.75, 3.05) is 19.0 Å². The predicted octanol–water partition coefficient (Wildman–Crippen LogP) is 1.89. The van der Waals surface area contributed by atoms with E-state index in [9.17, 15) is 9.18 Å². The molecule has 1 rings (SSSR count). The van der Waals surface area contributed by atoms with Crippen LogP contribution in [-0.4, -0.2) is 25.7 Å². The molecule has 0 saturated carbocycles. The third-order valence-corrected chi connectivity index (χ3v) is 2.76. The number of carbonyl (C=O) groups is 1. The Bertz CT molecular complexity index is 401. The fourth-order valence-corrected chi connectivity index (χ4v) is 1.56. The summed E-state index contributed by atoms with van der Waals surface area (Å²) in [5.41, 5.74) is 6.14. The molecule has 94 valence electrons. The monoisotopic (exact) mass is 304 g/mol. The molecule has 0 aliphatic carbocycles. The molecule has 0 aliphatic heterocycles. The van der Waals surface area contributed by atoms with Gasteiger partial charge in [0, 0.05) is 19.4 Å². The summed E-state index contributed by atoms with van der Waals surface area (Å²) in [5.74, 6) is -0.702. The van der Waals surface area contributed by atoms with Crippen molar-refractivity contribution in [3.63, 3.8) is 0 Å². The first-order valence-electron chi connectivity index (χ1n) is 5.05. The summed E-state index contributed by atoms with van der Waals surface area (Å²) in [6.07, 6.45) is 0.435. The molecule has 0 heterocycles. The summed E-state index contributed by atoms with van der Waals surface area (Å²) < 4.78 is 18.1. The summed E-state index contributed by atoms with van der Waals surface area (Å²) in [5, 5.41) is 2.60. The van der Waals surface area contributed by atoms with Crippen molar-refractivity contribution in [3.8, 4) is 0 Å². The number of nitrogens with two attached hydrogens (primary N) is 1. The molecule has 1 aromatic rings. The molecule has 0 spiro atoms.